The first-order chi connectivity index (χ1) is 7.18. The highest BCUT2D eigenvalue weighted by Gasteiger charge is 2.04. The van der Waals surface area contributed by atoms with Crippen molar-refractivity contribution in [2.45, 2.75) is 26.8 Å². The molecule has 0 bridgehead atoms. The minimum absolute atomic E-state index is 0.738. The number of aromatic nitrogens is 1. The van der Waals surface area contributed by atoms with Crippen molar-refractivity contribution >= 4 is 22.5 Å². The fourth-order valence-electron chi connectivity index (χ4n) is 1.78. The molecule has 0 fully saturated rings. The first-order valence-corrected chi connectivity index (χ1v) is 5.79. The number of aryl methyl sites for hydroxylation is 1. The maximum atomic E-state index is 6.12. The highest BCUT2D eigenvalue weighted by molar-refractivity contribution is 6.35. The average molecular weight is 222 g/mol. The topological polar surface area (TPSA) is 4.93 Å². The lowest BCUT2D eigenvalue weighted by atomic mass is 10.1. The van der Waals surface area contributed by atoms with E-state index in [1.165, 1.54) is 11.9 Å². The van der Waals surface area contributed by atoms with E-state index < -0.39 is 0 Å². The first-order valence-electron chi connectivity index (χ1n) is 5.42. The molecule has 0 aliphatic rings. The molecular formula is C13H16ClN. The Labute approximate surface area is 95.7 Å². The van der Waals surface area contributed by atoms with Crippen molar-refractivity contribution in [1.82, 2.24) is 4.57 Å². The Morgan fingerprint density at radius 2 is 2.07 bits per heavy atom. The van der Waals surface area contributed by atoms with Crippen LogP contribution in [0.5, 0.6) is 0 Å². The van der Waals surface area contributed by atoms with Crippen LogP contribution in [0.25, 0.3) is 10.9 Å². The van der Waals surface area contributed by atoms with Gasteiger partial charge < -0.3 is 4.57 Å². The van der Waals surface area contributed by atoms with E-state index in [4.69, 9.17) is 11.6 Å². The molecule has 0 N–H and O–H groups in total. The van der Waals surface area contributed by atoms with Crippen LogP contribution in [0, 0.1) is 5.92 Å². The first kappa shape index (κ1) is 10.6. The van der Waals surface area contributed by atoms with Crippen LogP contribution in [-0.2, 0) is 6.54 Å². The Bertz CT molecular complexity index is 457. The lowest BCUT2D eigenvalue weighted by Gasteiger charge is -2.07. The minimum atomic E-state index is 0.738. The zero-order valence-electron chi connectivity index (χ0n) is 9.20. The summed E-state index contributed by atoms with van der Waals surface area (Å²) in [6, 6.07) is 8.17. The van der Waals surface area contributed by atoms with Crippen molar-refractivity contribution in [3.63, 3.8) is 0 Å². The molecule has 1 heterocycles. The van der Waals surface area contributed by atoms with Gasteiger partial charge in [0.2, 0.25) is 0 Å². The van der Waals surface area contributed by atoms with Gasteiger partial charge in [-0.05, 0) is 30.5 Å². The van der Waals surface area contributed by atoms with E-state index in [-0.39, 0.29) is 0 Å². The van der Waals surface area contributed by atoms with E-state index in [0.717, 1.165) is 22.9 Å². The minimum Gasteiger partial charge on any atom is -0.347 e. The maximum Gasteiger partial charge on any atom is 0.0499 e. The normalized spacial score (nSPS) is 11.5. The van der Waals surface area contributed by atoms with Gasteiger partial charge in [0, 0.05) is 28.7 Å². The molecule has 2 heteroatoms. The number of hydrogen-bond donors (Lipinski definition) is 0. The zero-order chi connectivity index (χ0) is 10.8. The second-order valence-corrected chi connectivity index (χ2v) is 4.77. The van der Waals surface area contributed by atoms with E-state index in [0.29, 0.717) is 0 Å². The Kier molecular flexibility index (Phi) is 3.01. The van der Waals surface area contributed by atoms with Gasteiger partial charge in [-0.25, -0.2) is 0 Å². The number of rotatable bonds is 3. The van der Waals surface area contributed by atoms with Crippen LogP contribution >= 0.6 is 11.6 Å². The Morgan fingerprint density at radius 3 is 2.80 bits per heavy atom. The smallest absolute Gasteiger partial charge is 0.0499 e. The molecule has 2 rings (SSSR count). The quantitative estimate of drug-likeness (QED) is 0.727. The van der Waals surface area contributed by atoms with E-state index in [1.54, 1.807) is 0 Å². The molecule has 15 heavy (non-hydrogen) atoms. The third-order valence-corrected chi connectivity index (χ3v) is 3.04. The van der Waals surface area contributed by atoms with E-state index in [1.807, 2.05) is 12.1 Å². The summed E-state index contributed by atoms with van der Waals surface area (Å²) in [6.45, 7) is 5.57. The molecule has 1 aromatic carbocycles. The molecule has 2 aromatic rings. The molecule has 80 valence electrons. The summed E-state index contributed by atoms with van der Waals surface area (Å²) in [5.74, 6) is 0.738. The van der Waals surface area contributed by atoms with Crippen molar-refractivity contribution in [1.29, 1.82) is 0 Å². The predicted molar refractivity (Wildman–Crippen MR) is 66.4 cm³/mol. The second-order valence-electron chi connectivity index (χ2n) is 4.36. The molecule has 0 spiro atoms. The molecule has 0 unspecified atom stereocenters. The molecule has 1 nitrogen and oxygen atoms in total. The fourth-order valence-corrected chi connectivity index (χ4v) is 2.01. The van der Waals surface area contributed by atoms with Gasteiger partial charge in [0.1, 0.15) is 0 Å². The predicted octanol–water partition coefficient (Wildman–Crippen LogP) is 4.34. The standard InChI is InChI=1S/C13H16ClN/c1-10(2)6-8-15-9-7-11-12(14)4-3-5-13(11)15/h3-5,7,9-10H,6,8H2,1-2H3. The monoisotopic (exact) mass is 221 g/mol. The molecule has 0 radical (unpaired) electrons. The second kappa shape index (κ2) is 4.28. The van der Waals surface area contributed by atoms with Crippen LogP contribution in [0.3, 0.4) is 0 Å². The molecule has 0 saturated heterocycles. The third-order valence-electron chi connectivity index (χ3n) is 2.71. The van der Waals surface area contributed by atoms with Gasteiger partial charge in [-0.2, -0.15) is 0 Å². The van der Waals surface area contributed by atoms with Crippen molar-refractivity contribution in [2.75, 3.05) is 0 Å². The average Bonchev–Trinajstić information content (AvgIpc) is 2.59. The van der Waals surface area contributed by atoms with Crippen molar-refractivity contribution < 1.29 is 0 Å². The lowest BCUT2D eigenvalue weighted by molar-refractivity contribution is 0.524. The summed E-state index contributed by atoms with van der Waals surface area (Å²) in [6.07, 6.45) is 3.33. The maximum absolute atomic E-state index is 6.12. The molecule has 1 aromatic heterocycles. The molecular weight excluding hydrogens is 206 g/mol. The number of halogens is 1. The Morgan fingerprint density at radius 1 is 1.27 bits per heavy atom. The Hall–Kier alpha value is -0.950. The highest BCUT2D eigenvalue weighted by atomic mass is 35.5. The van der Waals surface area contributed by atoms with Crippen LogP contribution < -0.4 is 0 Å². The van der Waals surface area contributed by atoms with Crippen LogP contribution in [0.2, 0.25) is 5.02 Å². The molecule has 0 saturated carbocycles. The van der Waals surface area contributed by atoms with Gasteiger partial charge in [-0.3, -0.25) is 0 Å². The van der Waals surface area contributed by atoms with Crippen LogP contribution in [0.15, 0.2) is 30.5 Å². The highest BCUT2D eigenvalue weighted by Crippen LogP contribution is 2.24. The van der Waals surface area contributed by atoms with Gasteiger partial charge in [0.25, 0.3) is 0 Å². The number of hydrogen-bond acceptors (Lipinski definition) is 0. The summed E-state index contributed by atoms with van der Waals surface area (Å²) in [7, 11) is 0. The summed E-state index contributed by atoms with van der Waals surface area (Å²) >= 11 is 6.12. The molecule has 0 atom stereocenters. The molecule has 0 aliphatic carbocycles. The lowest BCUT2D eigenvalue weighted by Crippen LogP contribution is -1.99. The summed E-state index contributed by atoms with van der Waals surface area (Å²) in [5.41, 5.74) is 1.24. The zero-order valence-corrected chi connectivity index (χ0v) is 9.96. The van der Waals surface area contributed by atoms with Gasteiger partial charge in [0.15, 0.2) is 0 Å². The van der Waals surface area contributed by atoms with E-state index in [9.17, 15) is 0 Å². The van der Waals surface area contributed by atoms with Crippen molar-refractivity contribution in [3.05, 3.63) is 35.5 Å². The molecule has 0 amide bonds. The van der Waals surface area contributed by atoms with Crippen LogP contribution in [0.1, 0.15) is 20.3 Å². The number of fused-ring (bicyclic) bond motifs is 1. The fraction of sp³-hybridized carbons (Fsp3) is 0.385. The number of benzene rings is 1. The van der Waals surface area contributed by atoms with E-state index >= 15 is 0 Å². The SMILES string of the molecule is CC(C)CCn1ccc2c(Cl)cccc21. The summed E-state index contributed by atoms with van der Waals surface area (Å²) in [4.78, 5) is 0. The molecule has 0 aliphatic heterocycles. The van der Waals surface area contributed by atoms with Gasteiger partial charge in [-0.15, -0.1) is 0 Å². The summed E-state index contributed by atoms with van der Waals surface area (Å²) in [5, 5.41) is 2.00. The van der Waals surface area contributed by atoms with Gasteiger partial charge in [-0.1, -0.05) is 31.5 Å². The van der Waals surface area contributed by atoms with Crippen LogP contribution in [-0.4, -0.2) is 4.57 Å². The Balaban J connectivity index is 2.33. The van der Waals surface area contributed by atoms with Gasteiger partial charge >= 0.3 is 0 Å². The summed E-state index contributed by atoms with van der Waals surface area (Å²) < 4.78 is 2.28. The van der Waals surface area contributed by atoms with Crippen molar-refractivity contribution in [2.24, 2.45) is 5.92 Å². The van der Waals surface area contributed by atoms with Crippen LogP contribution in [0.4, 0.5) is 0 Å². The third kappa shape index (κ3) is 2.18. The number of nitrogens with zero attached hydrogens (tertiary/aromatic N) is 1. The largest absolute Gasteiger partial charge is 0.347 e. The van der Waals surface area contributed by atoms with E-state index in [2.05, 4.69) is 36.7 Å². The van der Waals surface area contributed by atoms with Gasteiger partial charge in [0.05, 0.1) is 0 Å². The van der Waals surface area contributed by atoms with Crippen molar-refractivity contribution in [3.8, 4) is 0 Å².